The van der Waals surface area contributed by atoms with E-state index in [-0.39, 0.29) is 0 Å². The van der Waals surface area contributed by atoms with Crippen LogP contribution in [0.1, 0.15) is 12.8 Å². The summed E-state index contributed by atoms with van der Waals surface area (Å²) in [6.45, 7) is 4.51. The lowest BCUT2D eigenvalue weighted by Gasteiger charge is -2.37. The molecule has 2 fully saturated rings. The molecule has 3 heterocycles. The van der Waals surface area contributed by atoms with Gasteiger partial charge < -0.3 is 10.6 Å². The van der Waals surface area contributed by atoms with Crippen LogP contribution in [0, 0.1) is 0 Å². The predicted molar refractivity (Wildman–Crippen MR) is 63.3 cm³/mol. The Morgan fingerprint density at radius 3 is 3.06 bits per heavy atom. The summed E-state index contributed by atoms with van der Waals surface area (Å²) in [6.07, 6.45) is 6.05. The van der Waals surface area contributed by atoms with Gasteiger partial charge in [-0.3, -0.25) is 9.88 Å². The van der Waals surface area contributed by atoms with E-state index >= 15 is 0 Å². The van der Waals surface area contributed by atoms with Gasteiger partial charge in [0.25, 0.3) is 0 Å². The van der Waals surface area contributed by atoms with Gasteiger partial charge in [0.2, 0.25) is 0 Å². The zero-order valence-corrected chi connectivity index (χ0v) is 9.34. The van der Waals surface area contributed by atoms with E-state index in [1.165, 1.54) is 19.4 Å². The van der Waals surface area contributed by atoms with Crippen molar-refractivity contribution >= 4 is 11.6 Å². The number of hydrogen-bond acceptors (Lipinski definition) is 5. The van der Waals surface area contributed by atoms with Gasteiger partial charge >= 0.3 is 0 Å². The summed E-state index contributed by atoms with van der Waals surface area (Å²) in [5.41, 5.74) is 5.66. The Morgan fingerprint density at radius 1 is 1.25 bits per heavy atom. The summed E-state index contributed by atoms with van der Waals surface area (Å²) < 4.78 is 0. The van der Waals surface area contributed by atoms with Crippen molar-refractivity contribution in [1.29, 1.82) is 0 Å². The van der Waals surface area contributed by atoms with Gasteiger partial charge in [-0.15, -0.1) is 0 Å². The van der Waals surface area contributed by atoms with Crippen molar-refractivity contribution < 1.29 is 0 Å². The number of fused-ring (bicyclic) bond motifs is 1. The third-order valence-corrected chi connectivity index (χ3v) is 3.55. The zero-order valence-electron chi connectivity index (χ0n) is 9.34. The fourth-order valence-corrected chi connectivity index (χ4v) is 2.72. The van der Waals surface area contributed by atoms with E-state index in [1.807, 2.05) is 0 Å². The van der Waals surface area contributed by atoms with Crippen LogP contribution < -0.4 is 10.6 Å². The number of nitrogen functional groups attached to an aromatic ring is 1. The smallest absolute Gasteiger partial charge is 0.149 e. The summed E-state index contributed by atoms with van der Waals surface area (Å²) >= 11 is 0. The van der Waals surface area contributed by atoms with E-state index in [0.717, 1.165) is 25.5 Å². The van der Waals surface area contributed by atoms with Gasteiger partial charge in [-0.2, -0.15) is 0 Å². The van der Waals surface area contributed by atoms with Gasteiger partial charge in [0.15, 0.2) is 0 Å². The molecule has 2 aliphatic heterocycles. The highest BCUT2D eigenvalue weighted by Crippen LogP contribution is 2.24. The average molecular weight is 219 g/mol. The Kier molecular flexibility index (Phi) is 2.40. The van der Waals surface area contributed by atoms with E-state index < -0.39 is 0 Å². The van der Waals surface area contributed by atoms with Crippen LogP contribution in [0.3, 0.4) is 0 Å². The van der Waals surface area contributed by atoms with E-state index in [1.54, 1.807) is 12.4 Å². The maximum Gasteiger partial charge on any atom is 0.149 e. The minimum atomic E-state index is 0.506. The second-order valence-corrected chi connectivity index (χ2v) is 4.58. The Labute approximate surface area is 95.3 Å². The molecule has 0 spiro atoms. The quantitative estimate of drug-likeness (QED) is 0.738. The first-order chi connectivity index (χ1) is 7.83. The highest BCUT2D eigenvalue weighted by Gasteiger charge is 2.30. The third kappa shape index (κ3) is 1.71. The summed E-state index contributed by atoms with van der Waals surface area (Å²) in [7, 11) is 0. The molecule has 16 heavy (non-hydrogen) atoms. The number of nitrogens with two attached hydrogens (primary N) is 1. The second-order valence-electron chi connectivity index (χ2n) is 4.58. The van der Waals surface area contributed by atoms with Gasteiger partial charge in [0.05, 0.1) is 12.4 Å². The molecule has 0 radical (unpaired) electrons. The highest BCUT2D eigenvalue weighted by atomic mass is 15.3. The first-order valence-corrected chi connectivity index (χ1v) is 5.89. The molecule has 1 atom stereocenters. The van der Waals surface area contributed by atoms with Crippen molar-refractivity contribution in [2.45, 2.75) is 18.9 Å². The van der Waals surface area contributed by atoms with Crippen LogP contribution in [0.15, 0.2) is 12.4 Å². The molecule has 3 rings (SSSR count). The van der Waals surface area contributed by atoms with Crippen molar-refractivity contribution in [3.05, 3.63) is 12.4 Å². The lowest BCUT2D eigenvalue weighted by atomic mass is 10.1. The van der Waals surface area contributed by atoms with Crippen LogP contribution in [0.25, 0.3) is 0 Å². The number of rotatable bonds is 1. The molecule has 86 valence electrons. The Hall–Kier alpha value is -1.36. The van der Waals surface area contributed by atoms with Crippen LogP contribution in [-0.4, -0.2) is 47.1 Å². The Bertz CT molecular complexity index is 380. The molecule has 1 unspecified atom stereocenters. The van der Waals surface area contributed by atoms with Crippen LogP contribution in [0.2, 0.25) is 0 Å². The van der Waals surface area contributed by atoms with Crippen molar-refractivity contribution in [3.63, 3.8) is 0 Å². The second kappa shape index (κ2) is 3.90. The Morgan fingerprint density at radius 2 is 2.19 bits per heavy atom. The summed E-state index contributed by atoms with van der Waals surface area (Å²) in [5, 5.41) is 0. The maximum atomic E-state index is 5.66. The van der Waals surface area contributed by atoms with Crippen molar-refractivity contribution in [3.8, 4) is 0 Å². The molecule has 1 aromatic heterocycles. The molecule has 2 saturated heterocycles. The van der Waals surface area contributed by atoms with E-state index in [2.05, 4.69) is 19.8 Å². The van der Waals surface area contributed by atoms with Crippen LogP contribution in [0.4, 0.5) is 11.6 Å². The number of hydrogen-bond donors (Lipinski definition) is 1. The molecule has 2 aliphatic rings. The van der Waals surface area contributed by atoms with Crippen LogP contribution in [0.5, 0.6) is 0 Å². The molecular weight excluding hydrogens is 202 g/mol. The highest BCUT2D eigenvalue weighted by molar-refractivity contribution is 5.42. The largest absolute Gasteiger partial charge is 0.382 e. The number of nitrogens with zero attached hydrogens (tertiary/aromatic N) is 4. The zero-order chi connectivity index (χ0) is 11.0. The Balaban J connectivity index is 1.76. The molecule has 5 nitrogen and oxygen atoms in total. The molecule has 0 amide bonds. The van der Waals surface area contributed by atoms with Gasteiger partial charge in [0.1, 0.15) is 11.6 Å². The standard InChI is InChI=1S/C11H17N5/c12-10-6-13-7-11(14-10)16-5-4-15-3-1-2-9(15)8-16/h6-7,9H,1-5,8H2,(H2,12,14). The van der Waals surface area contributed by atoms with Crippen LogP contribution >= 0.6 is 0 Å². The van der Waals surface area contributed by atoms with Gasteiger partial charge in [-0.25, -0.2) is 4.98 Å². The van der Waals surface area contributed by atoms with Crippen molar-refractivity contribution in [2.75, 3.05) is 36.8 Å². The first kappa shape index (κ1) is 9.84. The number of aromatic nitrogens is 2. The normalized spacial score (nSPS) is 25.8. The topological polar surface area (TPSA) is 58.3 Å². The van der Waals surface area contributed by atoms with E-state index in [4.69, 9.17) is 5.73 Å². The van der Waals surface area contributed by atoms with Gasteiger partial charge in [-0.05, 0) is 19.4 Å². The lowest BCUT2D eigenvalue weighted by molar-refractivity contribution is 0.230. The SMILES string of the molecule is Nc1cncc(N2CCN3CCCC3C2)n1. The maximum absolute atomic E-state index is 5.66. The number of piperazine rings is 1. The molecule has 0 aliphatic carbocycles. The van der Waals surface area contributed by atoms with Gasteiger partial charge in [-0.1, -0.05) is 0 Å². The molecule has 0 bridgehead atoms. The summed E-state index contributed by atoms with van der Waals surface area (Å²) in [4.78, 5) is 13.3. The fourth-order valence-electron chi connectivity index (χ4n) is 2.72. The minimum absolute atomic E-state index is 0.506. The lowest BCUT2D eigenvalue weighted by Crippen LogP contribution is -2.50. The molecule has 5 heteroatoms. The first-order valence-electron chi connectivity index (χ1n) is 5.89. The fraction of sp³-hybridized carbons (Fsp3) is 0.636. The van der Waals surface area contributed by atoms with E-state index in [9.17, 15) is 0 Å². The predicted octanol–water partition coefficient (Wildman–Crippen LogP) is 0.343. The molecule has 0 aromatic carbocycles. The molecule has 2 N–H and O–H groups in total. The number of anilines is 2. The molecular formula is C11H17N5. The summed E-state index contributed by atoms with van der Waals surface area (Å²) in [6, 6.07) is 0.706. The minimum Gasteiger partial charge on any atom is -0.382 e. The monoisotopic (exact) mass is 219 g/mol. The van der Waals surface area contributed by atoms with Gasteiger partial charge in [0, 0.05) is 25.7 Å². The third-order valence-electron chi connectivity index (χ3n) is 3.55. The molecule has 0 saturated carbocycles. The summed E-state index contributed by atoms with van der Waals surface area (Å²) in [5.74, 6) is 1.43. The average Bonchev–Trinajstić information content (AvgIpc) is 2.75. The van der Waals surface area contributed by atoms with Crippen molar-refractivity contribution in [1.82, 2.24) is 14.9 Å². The molecule has 1 aromatic rings. The van der Waals surface area contributed by atoms with E-state index in [0.29, 0.717) is 11.9 Å². The van der Waals surface area contributed by atoms with Crippen molar-refractivity contribution in [2.24, 2.45) is 0 Å². The van der Waals surface area contributed by atoms with Crippen LogP contribution in [-0.2, 0) is 0 Å².